The maximum Gasteiger partial charge on any atom is 0.303 e. The highest BCUT2D eigenvalue weighted by Gasteiger charge is 2.23. The first kappa shape index (κ1) is 18.1. The predicted molar refractivity (Wildman–Crippen MR) is 91.0 cm³/mol. The Bertz CT molecular complexity index is 836. The van der Waals surface area contributed by atoms with Crippen LogP contribution in [0.1, 0.15) is 18.4 Å². The highest BCUT2D eigenvalue weighted by molar-refractivity contribution is 7.87. The van der Waals surface area contributed by atoms with Gasteiger partial charge in [0, 0.05) is 19.7 Å². The lowest BCUT2D eigenvalue weighted by atomic mass is 9.96. The summed E-state index contributed by atoms with van der Waals surface area (Å²) >= 11 is 0. The van der Waals surface area contributed by atoms with Gasteiger partial charge in [0.1, 0.15) is 5.82 Å². The molecular weight excluding hydrogens is 331 g/mol. The number of hydrogen-bond donors (Lipinski definition) is 1. The number of amides is 1. The summed E-state index contributed by atoms with van der Waals surface area (Å²) in [7, 11) is -1.24. The molecule has 2 rings (SSSR count). The minimum Gasteiger partial charge on any atom is -0.273 e. The molecule has 0 unspecified atom stereocenters. The van der Waals surface area contributed by atoms with Crippen molar-refractivity contribution < 1.29 is 17.6 Å². The van der Waals surface area contributed by atoms with E-state index in [0.717, 1.165) is 9.87 Å². The molecule has 0 aromatic heterocycles. The molecule has 0 aliphatic carbocycles. The van der Waals surface area contributed by atoms with Gasteiger partial charge < -0.3 is 0 Å². The van der Waals surface area contributed by atoms with Crippen LogP contribution in [-0.4, -0.2) is 32.7 Å². The van der Waals surface area contributed by atoms with Crippen molar-refractivity contribution in [3.05, 3.63) is 59.9 Å². The second-order valence-corrected chi connectivity index (χ2v) is 7.47. The molecule has 1 atom stereocenters. The Morgan fingerprint density at radius 1 is 1.12 bits per heavy atom. The number of carbonyl (C=O) groups is 1. The van der Waals surface area contributed by atoms with Gasteiger partial charge >= 0.3 is 10.2 Å². The summed E-state index contributed by atoms with van der Waals surface area (Å²) in [5.41, 5.74) is 1.56. The van der Waals surface area contributed by atoms with Gasteiger partial charge in [-0.2, -0.15) is 12.7 Å². The van der Waals surface area contributed by atoms with Crippen LogP contribution in [0.5, 0.6) is 0 Å². The van der Waals surface area contributed by atoms with Crippen molar-refractivity contribution in [3.8, 4) is 11.1 Å². The monoisotopic (exact) mass is 350 g/mol. The van der Waals surface area contributed by atoms with Crippen LogP contribution < -0.4 is 4.72 Å². The Morgan fingerprint density at radius 3 is 2.29 bits per heavy atom. The molecule has 0 radical (unpaired) electrons. The summed E-state index contributed by atoms with van der Waals surface area (Å²) in [5.74, 6) is -1.98. The maximum absolute atomic E-state index is 14.4. The average molecular weight is 350 g/mol. The summed E-state index contributed by atoms with van der Waals surface area (Å²) in [5, 5.41) is 0. The van der Waals surface area contributed by atoms with E-state index in [9.17, 15) is 17.6 Å². The van der Waals surface area contributed by atoms with Crippen molar-refractivity contribution in [1.29, 1.82) is 0 Å². The van der Waals surface area contributed by atoms with Gasteiger partial charge in [0.15, 0.2) is 0 Å². The van der Waals surface area contributed by atoms with Gasteiger partial charge in [-0.25, -0.2) is 9.11 Å². The van der Waals surface area contributed by atoms with E-state index in [0.29, 0.717) is 11.1 Å². The number of nitrogens with one attached hydrogen (secondary N) is 1. The molecule has 1 amide bonds. The lowest BCUT2D eigenvalue weighted by molar-refractivity contribution is -0.120. The van der Waals surface area contributed by atoms with Crippen LogP contribution in [0.3, 0.4) is 0 Å². The fourth-order valence-electron chi connectivity index (χ4n) is 2.11. The first-order chi connectivity index (χ1) is 11.2. The molecule has 2 aromatic rings. The van der Waals surface area contributed by atoms with Crippen LogP contribution in [0.15, 0.2) is 48.5 Å². The molecule has 0 saturated carbocycles. The Hall–Kier alpha value is -2.25. The maximum atomic E-state index is 14.4. The zero-order valence-electron chi connectivity index (χ0n) is 13.7. The second-order valence-electron chi connectivity index (χ2n) is 5.58. The van der Waals surface area contributed by atoms with Gasteiger partial charge in [0.2, 0.25) is 5.91 Å². The number of nitrogens with zero attached hydrogens (tertiary/aromatic N) is 1. The van der Waals surface area contributed by atoms with Crippen LogP contribution >= 0.6 is 0 Å². The zero-order chi connectivity index (χ0) is 17.9. The lowest BCUT2D eigenvalue weighted by Crippen LogP contribution is -2.41. The van der Waals surface area contributed by atoms with Crippen molar-refractivity contribution >= 4 is 16.1 Å². The van der Waals surface area contributed by atoms with Crippen LogP contribution in [0.4, 0.5) is 4.39 Å². The largest absolute Gasteiger partial charge is 0.303 e. The lowest BCUT2D eigenvalue weighted by Gasteiger charge is -2.16. The summed E-state index contributed by atoms with van der Waals surface area (Å²) in [6.45, 7) is 1.53. The fraction of sp³-hybridized carbons (Fsp3) is 0.235. The molecule has 0 bridgehead atoms. The van der Waals surface area contributed by atoms with Crippen molar-refractivity contribution in [3.63, 3.8) is 0 Å². The zero-order valence-corrected chi connectivity index (χ0v) is 14.5. The normalized spacial score (nSPS) is 12.9. The van der Waals surface area contributed by atoms with E-state index in [1.54, 1.807) is 24.3 Å². The highest BCUT2D eigenvalue weighted by Crippen LogP contribution is 2.26. The molecule has 0 aliphatic heterocycles. The van der Waals surface area contributed by atoms with Gasteiger partial charge in [-0.1, -0.05) is 42.5 Å². The van der Waals surface area contributed by atoms with Crippen molar-refractivity contribution in [2.24, 2.45) is 0 Å². The first-order valence-corrected chi connectivity index (χ1v) is 8.75. The summed E-state index contributed by atoms with van der Waals surface area (Å²) < 4.78 is 40.6. The molecule has 0 heterocycles. The van der Waals surface area contributed by atoms with Crippen molar-refractivity contribution in [1.82, 2.24) is 9.03 Å². The van der Waals surface area contributed by atoms with E-state index in [4.69, 9.17) is 0 Å². The van der Waals surface area contributed by atoms with Crippen LogP contribution in [0.2, 0.25) is 0 Å². The molecule has 1 N–H and O–H groups in total. The molecule has 0 aliphatic rings. The molecule has 0 fully saturated rings. The molecule has 5 nitrogen and oxygen atoms in total. The Morgan fingerprint density at radius 2 is 1.75 bits per heavy atom. The number of hydrogen-bond acceptors (Lipinski definition) is 3. The van der Waals surface area contributed by atoms with Crippen LogP contribution in [0, 0.1) is 5.82 Å². The summed E-state index contributed by atoms with van der Waals surface area (Å²) in [6.07, 6.45) is 0. The molecular formula is C17H19FN2O3S. The number of carbonyl (C=O) groups excluding carboxylic acids is 1. The Labute approximate surface area is 141 Å². The molecule has 128 valence electrons. The molecule has 24 heavy (non-hydrogen) atoms. The SMILES string of the molecule is C[C@@H](C(=O)NS(=O)(=O)N(C)C)c1ccc(-c2ccccc2)c(F)c1. The quantitative estimate of drug-likeness (QED) is 0.901. The predicted octanol–water partition coefficient (Wildman–Crippen LogP) is 2.52. The number of rotatable bonds is 5. The minimum absolute atomic E-state index is 0.402. The third-order valence-electron chi connectivity index (χ3n) is 3.68. The van der Waals surface area contributed by atoms with E-state index in [-0.39, 0.29) is 0 Å². The van der Waals surface area contributed by atoms with Crippen LogP contribution in [0.25, 0.3) is 11.1 Å². The van der Waals surface area contributed by atoms with Crippen molar-refractivity contribution in [2.45, 2.75) is 12.8 Å². The van der Waals surface area contributed by atoms with Gasteiger partial charge in [0.25, 0.3) is 0 Å². The van der Waals surface area contributed by atoms with Gasteiger partial charge in [0.05, 0.1) is 5.92 Å². The topological polar surface area (TPSA) is 66.5 Å². The third-order valence-corrected chi connectivity index (χ3v) is 5.10. The second kappa shape index (κ2) is 7.11. The minimum atomic E-state index is -3.87. The standard InChI is InChI=1S/C17H19FN2O3S/c1-12(17(21)19-24(22,23)20(2)3)14-9-10-15(16(18)11-14)13-7-5-4-6-8-13/h4-12H,1-3H3,(H,19,21)/t12-/m1/s1. The van der Waals surface area contributed by atoms with Gasteiger partial charge in [-0.3, -0.25) is 4.79 Å². The van der Waals surface area contributed by atoms with Crippen molar-refractivity contribution in [2.75, 3.05) is 14.1 Å². The molecule has 0 saturated heterocycles. The number of benzene rings is 2. The average Bonchev–Trinajstić information content (AvgIpc) is 2.54. The van der Waals surface area contributed by atoms with E-state index in [1.165, 1.54) is 27.1 Å². The molecule has 7 heteroatoms. The third kappa shape index (κ3) is 3.98. The smallest absolute Gasteiger partial charge is 0.273 e. The summed E-state index contributed by atoms with van der Waals surface area (Å²) in [6, 6.07) is 13.5. The van der Waals surface area contributed by atoms with E-state index in [2.05, 4.69) is 0 Å². The summed E-state index contributed by atoms with van der Waals surface area (Å²) in [4.78, 5) is 12.1. The van der Waals surface area contributed by atoms with E-state index >= 15 is 0 Å². The van der Waals surface area contributed by atoms with Gasteiger partial charge in [-0.15, -0.1) is 0 Å². The number of halogens is 1. The van der Waals surface area contributed by atoms with E-state index in [1.807, 2.05) is 22.9 Å². The molecule has 0 spiro atoms. The molecule has 2 aromatic carbocycles. The van der Waals surface area contributed by atoms with Gasteiger partial charge in [-0.05, 0) is 24.1 Å². The first-order valence-electron chi connectivity index (χ1n) is 7.31. The fourth-order valence-corrected chi connectivity index (χ4v) is 2.72. The van der Waals surface area contributed by atoms with E-state index < -0.39 is 27.9 Å². The van der Waals surface area contributed by atoms with Crippen LogP contribution in [-0.2, 0) is 15.0 Å². The Kier molecular flexibility index (Phi) is 5.36. The Balaban J connectivity index is 2.24. The highest BCUT2D eigenvalue weighted by atomic mass is 32.2.